The molecular weight excluding hydrogens is 715 g/mol. The predicted molar refractivity (Wildman–Crippen MR) is 161 cm³/mol. The van der Waals surface area contributed by atoms with Gasteiger partial charge < -0.3 is 33.8 Å². The second kappa shape index (κ2) is 13.6. The number of aromatic nitrogens is 5. The molecule has 23 heteroatoms. The fraction of sp³-hybridized carbons (Fsp3) is 0.192. The number of nitrogens with zero attached hydrogens (tertiary/aromatic N) is 5. The molecule has 1 fully saturated rings. The molecule has 3 aromatic heterocycles. The Balaban J connectivity index is 1.37. The molecule has 0 spiro atoms. The molecule has 2 unspecified atom stereocenters. The zero-order valence-electron chi connectivity index (χ0n) is 24.5. The first-order chi connectivity index (χ1) is 23.2. The fourth-order valence-electron chi connectivity index (χ4n) is 4.87. The van der Waals surface area contributed by atoms with Gasteiger partial charge in [-0.25, -0.2) is 38.2 Å². The number of imidazole rings is 2. The molecule has 49 heavy (non-hydrogen) atoms. The Kier molecular flexibility index (Phi) is 9.65. The number of carbonyl (C=O) groups is 2. The molecular formula is C26H24N5O15P3. The summed E-state index contributed by atoms with van der Waals surface area (Å²) in [6.07, 6.45) is -0.229. The van der Waals surface area contributed by atoms with Crippen LogP contribution in [0.25, 0.3) is 16.8 Å². The molecule has 0 saturated carbocycles. The Morgan fingerprint density at radius 3 is 1.98 bits per heavy atom. The number of carbonyl (C=O) groups excluding carboxylic acids is 2. The van der Waals surface area contributed by atoms with Crippen molar-refractivity contribution in [1.29, 1.82) is 0 Å². The molecule has 6 atom stereocenters. The van der Waals surface area contributed by atoms with Gasteiger partial charge in [0, 0.05) is 12.4 Å². The largest absolute Gasteiger partial charge is 0.490 e. The number of rotatable bonds is 12. The number of hydrogen-bond donors (Lipinski definition) is 4. The number of phosphoric ester groups is 1. The van der Waals surface area contributed by atoms with E-state index in [0.717, 1.165) is 0 Å². The van der Waals surface area contributed by atoms with Gasteiger partial charge >= 0.3 is 35.4 Å². The normalized spacial score (nSPS) is 22.0. The van der Waals surface area contributed by atoms with E-state index >= 15 is 0 Å². The van der Waals surface area contributed by atoms with Crippen molar-refractivity contribution in [1.82, 2.24) is 23.9 Å². The van der Waals surface area contributed by atoms with Gasteiger partial charge in [-0.15, -0.1) is 0 Å². The van der Waals surface area contributed by atoms with Crippen molar-refractivity contribution in [2.45, 2.75) is 24.5 Å². The molecule has 6 rings (SSSR count). The summed E-state index contributed by atoms with van der Waals surface area (Å²) < 4.78 is 68.6. The minimum absolute atomic E-state index is 0.0715. The maximum Gasteiger partial charge on any atom is 0.490 e. The molecule has 4 heterocycles. The van der Waals surface area contributed by atoms with E-state index in [-0.39, 0.29) is 16.8 Å². The lowest BCUT2D eigenvalue weighted by Crippen LogP contribution is -2.41. The first-order valence-electron chi connectivity index (χ1n) is 13.8. The zero-order chi connectivity index (χ0) is 35.0. The first kappa shape index (κ1) is 34.7. The van der Waals surface area contributed by atoms with Gasteiger partial charge in [-0.3, -0.25) is 13.5 Å². The van der Waals surface area contributed by atoms with Crippen molar-refractivity contribution in [2.75, 3.05) is 6.61 Å². The number of phosphoric acid groups is 3. The van der Waals surface area contributed by atoms with E-state index in [1.807, 2.05) is 0 Å². The Labute approximate surface area is 274 Å². The van der Waals surface area contributed by atoms with E-state index in [1.54, 1.807) is 47.0 Å². The van der Waals surface area contributed by atoms with Crippen molar-refractivity contribution in [2.24, 2.45) is 0 Å². The van der Waals surface area contributed by atoms with Crippen molar-refractivity contribution in [3.05, 3.63) is 96.8 Å². The summed E-state index contributed by atoms with van der Waals surface area (Å²) in [7, 11) is -17.2. The Morgan fingerprint density at radius 1 is 0.755 bits per heavy atom. The maximum absolute atomic E-state index is 13.4. The van der Waals surface area contributed by atoms with Crippen LogP contribution < -0.4 is 0 Å². The van der Waals surface area contributed by atoms with Gasteiger partial charge in [0.2, 0.25) is 0 Å². The van der Waals surface area contributed by atoms with Gasteiger partial charge in [0.1, 0.15) is 12.4 Å². The maximum atomic E-state index is 13.4. The van der Waals surface area contributed by atoms with Crippen LogP contribution in [-0.2, 0) is 41.1 Å². The summed E-state index contributed by atoms with van der Waals surface area (Å²) in [5.74, 6) is -1.80. The smallest absolute Gasteiger partial charge is 0.452 e. The third-order valence-corrected chi connectivity index (χ3v) is 10.6. The molecule has 4 N–H and O–H groups in total. The summed E-state index contributed by atoms with van der Waals surface area (Å²) in [4.78, 5) is 77.1. The highest BCUT2D eigenvalue weighted by Crippen LogP contribution is 2.66. The molecule has 0 radical (unpaired) electrons. The van der Waals surface area contributed by atoms with Gasteiger partial charge in [0.15, 0.2) is 35.2 Å². The Bertz CT molecular complexity index is 2140. The van der Waals surface area contributed by atoms with Crippen molar-refractivity contribution >= 4 is 52.2 Å². The van der Waals surface area contributed by atoms with E-state index < -0.39 is 66.6 Å². The average Bonchev–Trinajstić information content (AvgIpc) is 3.76. The van der Waals surface area contributed by atoms with Crippen LogP contribution in [0, 0.1) is 0 Å². The molecule has 2 aromatic carbocycles. The minimum Gasteiger partial charge on any atom is -0.452 e. The quantitative estimate of drug-likeness (QED) is 0.106. The standard InChI is InChI=1S/C26H24N5O15P3/c32-25(16-7-3-1-4-8-16)43-20-18(13-41-48(37,38)46-49(39,40)45-47(34,35)36)42-24(21(20)44-26(33)17-9-5-2-6-10-17)31-15-28-19-22-27-11-12-30(22)14-29-23(19)31/h1-12,14-15,18,20-21,24H,13H2,(H,37,38)(H,39,40)(H2,34,35,36)/t18-,20-,21-,24-/m1/s1. The highest BCUT2D eigenvalue weighted by molar-refractivity contribution is 7.66. The number of esters is 2. The molecule has 5 aromatic rings. The topological polar surface area (TPSA) is 270 Å². The third kappa shape index (κ3) is 8.02. The van der Waals surface area contributed by atoms with Crippen LogP contribution in [0.5, 0.6) is 0 Å². The third-order valence-electron chi connectivity index (χ3n) is 6.84. The van der Waals surface area contributed by atoms with Crippen LogP contribution in [0.15, 0.2) is 85.7 Å². The van der Waals surface area contributed by atoms with E-state index in [2.05, 4.69) is 23.6 Å². The fourth-order valence-corrected chi connectivity index (χ4v) is 7.90. The molecule has 1 saturated heterocycles. The summed E-state index contributed by atoms with van der Waals surface area (Å²) in [5.41, 5.74) is 1.08. The lowest BCUT2D eigenvalue weighted by Gasteiger charge is -2.25. The van der Waals surface area contributed by atoms with Gasteiger partial charge in [0.05, 0.1) is 24.1 Å². The number of benzene rings is 2. The van der Waals surface area contributed by atoms with E-state index in [9.17, 15) is 33.1 Å². The number of ether oxygens (including phenoxy) is 3. The van der Waals surface area contributed by atoms with Crippen LogP contribution in [0.3, 0.4) is 0 Å². The van der Waals surface area contributed by atoms with Crippen LogP contribution >= 0.6 is 23.5 Å². The summed E-state index contributed by atoms with van der Waals surface area (Å²) in [6, 6.07) is 15.4. The van der Waals surface area contributed by atoms with Gasteiger partial charge in [-0.1, -0.05) is 36.4 Å². The summed E-state index contributed by atoms with van der Waals surface area (Å²) >= 11 is 0. The lowest BCUT2D eigenvalue weighted by molar-refractivity contribution is -0.0559. The summed E-state index contributed by atoms with van der Waals surface area (Å²) in [5, 5.41) is 0. The predicted octanol–water partition coefficient (Wildman–Crippen LogP) is 2.77. The average molecular weight is 739 g/mol. The summed E-state index contributed by atoms with van der Waals surface area (Å²) in [6.45, 7) is -1.04. The first-order valence-corrected chi connectivity index (χ1v) is 18.3. The molecule has 1 aliphatic heterocycles. The number of fused-ring (bicyclic) bond motifs is 3. The molecule has 0 aliphatic carbocycles. The second-order valence-corrected chi connectivity index (χ2v) is 14.6. The minimum atomic E-state index is -5.86. The highest BCUT2D eigenvalue weighted by atomic mass is 31.3. The van der Waals surface area contributed by atoms with Crippen molar-refractivity contribution < 1.29 is 70.2 Å². The molecule has 0 bridgehead atoms. The van der Waals surface area contributed by atoms with Gasteiger partial charge in [-0.2, -0.15) is 8.62 Å². The van der Waals surface area contributed by atoms with Crippen LogP contribution in [0.1, 0.15) is 26.9 Å². The van der Waals surface area contributed by atoms with E-state index in [1.165, 1.54) is 47.7 Å². The van der Waals surface area contributed by atoms with E-state index in [4.69, 9.17) is 28.5 Å². The van der Waals surface area contributed by atoms with Crippen molar-refractivity contribution in [3.8, 4) is 0 Å². The van der Waals surface area contributed by atoms with Crippen LogP contribution in [0.4, 0.5) is 0 Å². The molecule has 1 aliphatic rings. The van der Waals surface area contributed by atoms with E-state index in [0.29, 0.717) is 11.2 Å². The van der Waals surface area contributed by atoms with Gasteiger partial charge in [0.25, 0.3) is 0 Å². The van der Waals surface area contributed by atoms with Gasteiger partial charge in [-0.05, 0) is 24.3 Å². The molecule has 20 nitrogen and oxygen atoms in total. The second-order valence-electron chi connectivity index (χ2n) is 10.2. The lowest BCUT2D eigenvalue weighted by atomic mass is 10.1. The zero-order valence-corrected chi connectivity index (χ0v) is 27.1. The van der Waals surface area contributed by atoms with Crippen LogP contribution in [-0.4, -0.2) is 80.4 Å². The Hall–Kier alpha value is -4.16. The molecule has 258 valence electrons. The van der Waals surface area contributed by atoms with Crippen molar-refractivity contribution in [3.63, 3.8) is 0 Å². The monoisotopic (exact) mass is 739 g/mol. The SMILES string of the molecule is O=C(O[C@@H]1[C@H](OC(=O)c2ccccc2)[C@@H](COP(=O)(O)OP(=O)(O)OP(=O)(O)O)O[C@H]1n1cnc2c1ncn1ccnc21)c1ccccc1. The molecule has 0 amide bonds. The Morgan fingerprint density at radius 2 is 1.37 bits per heavy atom. The number of hydrogen-bond acceptors (Lipinski definition) is 14. The highest BCUT2D eigenvalue weighted by Gasteiger charge is 2.52. The van der Waals surface area contributed by atoms with Crippen LogP contribution in [0.2, 0.25) is 0 Å².